The first-order valence-electron chi connectivity index (χ1n) is 2.83. The largest absolute Gasteiger partial charge is 0.357 e. The summed E-state index contributed by atoms with van der Waals surface area (Å²) in [7, 11) is 0. The van der Waals surface area contributed by atoms with Crippen LogP contribution in [0.2, 0.25) is 0 Å². The number of amides is 1. The number of nitrogens with one attached hydrogen (secondary N) is 1. The van der Waals surface area contributed by atoms with Gasteiger partial charge in [-0.25, -0.2) is 0 Å². The fourth-order valence-electron chi connectivity index (χ4n) is 0.404. The van der Waals surface area contributed by atoms with Crippen molar-refractivity contribution in [3.05, 3.63) is 0 Å². The zero-order chi connectivity index (χ0) is 8.69. The second-order valence-electron chi connectivity index (χ2n) is 1.79. The van der Waals surface area contributed by atoms with Crippen LogP contribution in [0.3, 0.4) is 0 Å². The molecular formula is C4H10N2O4S. The highest BCUT2D eigenvalue weighted by molar-refractivity contribution is 7.74. The smallest absolute Gasteiger partial charge is 0.301 e. The van der Waals surface area contributed by atoms with Gasteiger partial charge in [-0.1, -0.05) is 0 Å². The highest BCUT2D eigenvalue weighted by atomic mass is 32.2. The standard InChI is InChI=1S/C4H10N2O4S/c5-4(1-6-3-7)2-10-11(8)9/h3-4H,1-2,5H2,(H,6,7)(H,8,9). The van der Waals surface area contributed by atoms with Gasteiger partial charge in [-0.15, -0.1) is 0 Å². The quantitative estimate of drug-likeness (QED) is 0.333. The Morgan fingerprint density at radius 3 is 2.91 bits per heavy atom. The summed E-state index contributed by atoms with van der Waals surface area (Å²) in [5.41, 5.74) is 5.32. The van der Waals surface area contributed by atoms with E-state index in [0.29, 0.717) is 6.41 Å². The van der Waals surface area contributed by atoms with Gasteiger partial charge in [0.1, 0.15) is 0 Å². The molecule has 0 radical (unpaired) electrons. The van der Waals surface area contributed by atoms with Gasteiger partial charge in [0.05, 0.1) is 6.61 Å². The van der Waals surface area contributed by atoms with Gasteiger partial charge in [0.15, 0.2) is 0 Å². The van der Waals surface area contributed by atoms with E-state index in [2.05, 4.69) is 9.50 Å². The molecule has 0 fully saturated rings. The van der Waals surface area contributed by atoms with Gasteiger partial charge in [0.2, 0.25) is 6.41 Å². The minimum Gasteiger partial charge on any atom is -0.357 e. The van der Waals surface area contributed by atoms with Crippen molar-refractivity contribution in [1.29, 1.82) is 0 Å². The van der Waals surface area contributed by atoms with Crippen LogP contribution in [0.15, 0.2) is 0 Å². The molecular weight excluding hydrogens is 172 g/mol. The molecule has 0 aliphatic carbocycles. The van der Waals surface area contributed by atoms with E-state index in [0.717, 1.165) is 0 Å². The van der Waals surface area contributed by atoms with Crippen molar-refractivity contribution in [3.8, 4) is 0 Å². The summed E-state index contributed by atoms with van der Waals surface area (Å²) in [4.78, 5) is 9.73. The second kappa shape index (κ2) is 6.23. The Bertz CT molecular complexity index is 142. The van der Waals surface area contributed by atoms with E-state index < -0.39 is 17.4 Å². The van der Waals surface area contributed by atoms with Gasteiger partial charge in [0, 0.05) is 12.6 Å². The number of hydrogen-bond donors (Lipinski definition) is 3. The summed E-state index contributed by atoms with van der Waals surface area (Å²) in [6.07, 6.45) is 0.496. The minimum atomic E-state index is -2.29. The maximum absolute atomic E-state index is 9.92. The first-order valence-corrected chi connectivity index (χ1v) is 3.86. The van der Waals surface area contributed by atoms with Gasteiger partial charge >= 0.3 is 11.4 Å². The van der Waals surface area contributed by atoms with E-state index in [1.165, 1.54) is 0 Å². The van der Waals surface area contributed by atoms with Crippen molar-refractivity contribution in [1.82, 2.24) is 5.32 Å². The number of hydrogen-bond acceptors (Lipinski definition) is 4. The zero-order valence-electron chi connectivity index (χ0n) is 5.73. The maximum Gasteiger partial charge on any atom is 0.301 e. The first kappa shape index (κ1) is 10.5. The molecule has 4 N–H and O–H groups in total. The topological polar surface area (TPSA) is 102 Å². The van der Waals surface area contributed by atoms with Crippen LogP contribution in [-0.4, -0.2) is 34.4 Å². The lowest BCUT2D eigenvalue weighted by atomic mass is 10.3. The van der Waals surface area contributed by atoms with Gasteiger partial charge < -0.3 is 11.1 Å². The summed E-state index contributed by atoms with van der Waals surface area (Å²) in [6.45, 7) is 0.157. The third-order valence-corrected chi connectivity index (χ3v) is 1.18. The second-order valence-corrected chi connectivity index (χ2v) is 2.46. The Morgan fingerprint density at radius 2 is 2.45 bits per heavy atom. The van der Waals surface area contributed by atoms with Gasteiger partial charge in [0.25, 0.3) is 0 Å². The molecule has 0 aliphatic heterocycles. The normalized spacial score (nSPS) is 15.5. The average molecular weight is 182 g/mol. The number of nitrogens with two attached hydrogens (primary N) is 1. The van der Waals surface area contributed by atoms with Crippen molar-refractivity contribution in [2.75, 3.05) is 13.2 Å². The summed E-state index contributed by atoms with van der Waals surface area (Å²) < 4.78 is 22.3. The molecule has 0 saturated heterocycles. The van der Waals surface area contributed by atoms with Gasteiger partial charge in [-0.2, -0.15) is 4.21 Å². The molecule has 0 aromatic carbocycles. The van der Waals surface area contributed by atoms with Crippen LogP contribution in [0.25, 0.3) is 0 Å². The van der Waals surface area contributed by atoms with Crippen LogP contribution >= 0.6 is 0 Å². The highest BCUT2D eigenvalue weighted by Gasteiger charge is 2.03. The lowest BCUT2D eigenvalue weighted by Gasteiger charge is -2.07. The molecule has 0 rings (SSSR count). The molecule has 66 valence electrons. The predicted octanol–water partition coefficient (Wildman–Crippen LogP) is -1.79. The van der Waals surface area contributed by atoms with Crippen LogP contribution in [0.5, 0.6) is 0 Å². The van der Waals surface area contributed by atoms with E-state index in [9.17, 15) is 9.00 Å². The Morgan fingerprint density at radius 1 is 1.82 bits per heavy atom. The average Bonchev–Trinajstić information content (AvgIpc) is 1.97. The SMILES string of the molecule is NC(CNC=O)COS(=O)O. The summed E-state index contributed by atoms with van der Waals surface area (Å²) in [5, 5.41) is 2.31. The van der Waals surface area contributed by atoms with Crippen LogP contribution in [0.4, 0.5) is 0 Å². The van der Waals surface area contributed by atoms with E-state index in [1.54, 1.807) is 0 Å². The molecule has 2 unspecified atom stereocenters. The summed E-state index contributed by atoms with van der Waals surface area (Å²) in [6, 6.07) is -0.462. The molecule has 6 nitrogen and oxygen atoms in total. The Labute approximate surface area is 66.6 Å². The monoisotopic (exact) mass is 182 g/mol. The summed E-state index contributed by atoms with van der Waals surface area (Å²) >= 11 is -2.29. The minimum absolute atomic E-state index is 0.0655. The van der Waals surface area contributed by atoms with Crippen molar-refractivity contribution in [2.45, 2.75) is 6.04 Å². The molecule has 1 amide bonds. The van der Waals surface area contributed by atoms with Crippen LogP contribution in [0.1, 0.15) is 0 Å². The van der Waals surface area contributed by atoms with Gasteiger partial charge in [-0.05, 0) is 0 Å². The third-order valence-electron chi connectivity index (χ3n) is 0.846. The van der Waals surface area contributed by atoms with E-state index in [1.807, 2.05) is 0 Å². The van der Waals surface area contributed by atoms with Crippen LogP contribution < -0.4 is 11.1 Å². The molecule has 0 aliphatic rings. The summed E-state index contributed by atoms with van der Waals surface area (Å²) in [5.74, 6) is 0. The lowest BCUT2D eigenvalue weighted by molar-refractivity contribution is -0.109. The zero-order valence-corrected chi connectivity index (χ0v) is 6.54. The molecule has 0 aromatic heterocycles. The van der Waals surface area contributed by atoms with E-state index in [4.69, 9.17) is 10.3 Å². The lowest BCUT2D eigenvalue weighted by Crippen LogP contribution is -2.37. The van der Waals surface area contributed by atoms with Crippen molar-refractivity contribution < 1.29 is 17.7 Å². The number of rotatable bonds is 6. The molecule has 0 bridgehead atoms. The van der Waals surface area contributed by atoms with Crippen LogP contribution in [-0.2, 0) is 20.3 Å². The molecule has 2 atom stereocenters. The maximum atomic E-state index is 9.92. The first-order chi connectivity index (χ1) is 5.16. The molecule has 7 heteroatoms. The molecule has 11 heavy (non-hydrogen) atoms. The fourth-order valence-corrected chi connectivity index (χ4v) is 0.695. The number of carbonyl (C=O) groups excluding carboxylic acids is 1. The van der Waals surface area contributed by atoms with Crippen molar-refractivity contribution >= 4 is 17.8 Å². The predicted molar refractivity (Wildman–Crippen MR) is 38.8 cm³/mol. The Hall–Kier alpha value is -0.500. The fraction of sp³-hybridized carbons (Fsp3) is 0.750. The Balaban J connectivity index is 3.28. The van der Waals surface area contributed by atoms with E-state index >= 15 is 0 Å². The third kappa shape index (κ3) is 7.40. The van der Waals surface area contributed by atoms with E-state index in [-0.39, 0.29) is 13.2 Å². The highest BCUT2D eigenvalue weighted by Crippen LogP contribution is 1.82. The van der Waals surface area contributed by atoms with Gasteiger partial charge in [-0.3, -0.25) is 13.5 Å². The van der Waals surface area contributed by atoms with Crippen molar-refractivity contribution in [2.24, 2.45) is 5.73 Å². The molecule has 0 spiro atoms. The Kier molecular flexibility index (Phi) is 5.94. The molecule has 0 heterocycles. The molecule has 0 aromatic rings. The number of carbonyl (C=O) groups is 1. The van der Waals surface area contributed by atoms with Crippen molar-refractivity contribution in [3.63, 3.8) is 0 Å². The molecule has 0 saturated carbocycles. The van der Waals surface area contributed by atoms with Crippen LogP contribution in [0, 0.1) is 0 Å².